The lowest BCUT2D eigenvalue weighted by Crippen LogP contribution is -2.44. The van der Waals surface area contributed by atoms with Crippen LogP contribution in [0.1, 0.15) is 25.7 Å². The average molecular weight is 191 g/mol. The molecular weight excluding hydrogens is 174 g/mol. The molecule has 1 N–H and O–H groups in total. The Morgan fingerprint density at radius 3 is 2.25 bits per heavy atom. The molecule has 0 unspecified atom stereocenters. The predicted molar refractivity (Wildman–Crippen MR) is 49.9 cm³/mol. The minimum absolute atomic E-state index is 0.156. The summed E-state index contributed by atoms with van der Waals surface area (Å²) in [5.41, 5.74) is 0. The number of nitrogens with one attached hydrogen (secondary N) is 1. The lowest BCUT2D eigenvalue weighted by atomic mass is 9.95. The molecule has 0 bridgehead atoms. The van der Waals surface area contributed by atoms with Gasteiger partial charge in [-0.1, -0.05) is 12.8 Å². The predicted octanol–water partition coefficient (Wildman–Crippen LogP) is 0.562. The maximum atomic E-state index is 11.3. The summed E-state index contributed by atoms with van der Waals surface area (Å²) in [5.74, 6) is 0. The van der Waals surface area contributed by atoms with Crippen molar-refractivity contribution in [2.24, 2.45) is 0 Å². The van der Waals surface area contributed by atoms with Gasteiger partial charge in [0.25, 0.3) is 0 Å². The molecule has 0 spiro atoms. The van der Waals surface area contributed by atoms with Crippen LogP contribution in [0.4, 0.5) is 0 Å². The van der Waals surface area contributed by atoms with Crippen LogP contribution in [-0.2, 0) is 9.84 Å². The third kappa shape index (κ3) is 2.20. The van der Waals surface area contributed by atoms with Crippen LogP contribution < -0.4 is 5.32 Å². The van der Waals surface area contributed by atoms with Crippen molar-refractivity contribution in [2.75, 3.05) is 13.3 Å². The second-order valence-corrected chi connectivity index (χ2v) is 5.81. The summed E-state index contributed by atoms with van der Waals surface area (Å²) in [4.78, 5) is 0. The van der Waals surface area contributed by atoms with E-state index in [1.807, 2.05) is 7.05 Å². The first-order chi connectivity index (χ1) is 5.55. The highest BCUT2D eigenvalue weighted by molar-refractivity contribution is 7.91. The second kappa shape index (κ2) is 3.75. The van der Waals surface area contributed by atoms with Crippen molar-refractivity contribution in [1.82, 2.24) is 5.32 Å². The maximum absolute atomic E-state index is 11.3. The lowest BCUT2D eigenvalue weighted by molar-refractivity contribution is 0.391. The molecule has 1 aliphatic rings. The molecule has 1 saturated carbocycles. The largest absolute Gasteiger partial charge is 0.316 e. The molecule has 12 heavy (non-hydrogen) atoms. The van der Waals surface area contributed by atoms with E-state index in [1.165, 1.54) is 6.26 Å². The van der Waals surface area contributed by atoms with E-state index >= 15 is 0 Å². The van der Waals surface area contributed by atoms with E-state index in [0.717, 1.165) is 25.7 Å². The van der Waals surface area contributed by atoms with Crippen LogP contribution in [0.3, 0.4) is 0 Å². The van der Waals surface area contributed by atoms with E-state index in [1.54, 1.807) is 0 Å². The Labute approximate surface area is 74.5 Å². The summed E-state index contributed by atoms with van der Waals surface area (Å²) in [5, 5.41) is 2.93. The van der Waals surface area contributed by atoms with Crippen molar-refractivity contribution in [3.05, 3.63) is 0 Å². The monoisotopic (exact) mass is 191 g/mol. The number of rotatable bonds is 2. The van der Waals surface area contributed by atoms with Gasteiger partial charge >= 0.3 is 0 Å². The Morgan fingerprint density at radius 1 is 1.25 bits per heavy atom. The van der Waals surface area contributed by atoms with Crippen molar-refractivity contribution in [3.8, 4) is 0 Å². The van der Waals surface area contributed by atoms with Gasteiger partial charge < -0.3 is 5.32 Å². The molecule has 0 aromatic carbocycles. The summed E-state index contributed by atoms with van der Waals surface area (Å²) in [6, 6.07) is 0.175. The smallest absolute Gasteiger partial charge is 0.151 e. The topological polar surface area (TPSA) is 46.2 Å². The van der Waals surface area contributed by atoms with Crippen LogP contribution in [0.15, 0.2) is 0 Å². The van der Waals surface area contributed by atoms with Gasteiger partial charge in [-0.05, 0) is 19.9 Å². The molecule has 2 atom stereocenters. The fraction of sp³-hybridized carbons (Fsp3) is 1.00. The van der Waals surface area contributed by atoms with Gasteiger partial charge in [0, 0.05) is 12.3 Å². The third-order valence-corrected chi connectivity index (χ3v) is 4.29. The minimum Gasteiger partial charge on any atom is -0.316 e. The normalized spacial score (nSPS) is 31.8. The lowest BCUT2D eigenvalue weighted by Gasteiger charge is -2.29. The molecule has 0 radical (unpaired) electrons. The number of sulfone groups is 1. The summed E-state index contributed by atoms with van der Waals surface area (Å²) in [6.07, 6.45) is 5.36. The highest BCUT2D eigenvalue weighted by atomic mass is 32.2. The van der Waals surface area contributed by atoms with Gasteiger partial charge in [0.05, 0.1) is 5.25 Å². The number of hydrogen-bond acceptors (Lipinski definition) is 3. The van der Waals surface area contributed by atoms with Crippen molar-refractivity contribution in [3.63, 3.8) is 0 Å². The van der Waals surface area contributed by atoms with E-state index in [0.29, 0.717) is 0 Å². The average Bonchev–Trinajstić information content (AvgIpc) is 2.03. The van der Waals surface area contributed by atoms with Gasteiger partial charge in [-0.25, -0.2) is 8.42 Å². The van der Waals surface area contributed by atoms with Crippen LogP contribution in [0.5, 0.6) is 0 Å². The van der Waals surface area contributed by atoms with E-state index in [-0.39, 0.29) is 11.3 Å². The summed E-state index contributed by atoms with van der Waals surface area (Å²) in [7, 11) is -1.01. The second-order valence-electron chi connectivity index (χ2n) is 3.55. The molecule has 1 aliphatic carbocycles. The fourth-order valence-corrected chi connectivity index (χ4v) is 3.40. The third-order valence-electron chi connectivity index (χ3n) is 2.62. The fourth-order valence-electron chi connectivity index (χ4n) is 1.94. The molecule has 3 nitrogen and oxygen atoms in total. The van der Waals surface area contributed by atoms with Crippen molar-refractivity contribution in [1.29, 1.82) is 0 Å². The van der Waals surface area contributed by atoms with E-state index in [9.17, 15) is 8.42 Å². The highest BCUT2D eigenvalue weighted by Gasteiger charge is 2.31. The van der Waals surface area contributed by atoms with Gasteiger partial charge in [-0.15, -0.1) is 0 Å². The van der Waals surface area contributed by atoms with Crippen LogP contribution in [0.25, 0.3) is 0 Å². The molecule has 0 aromatic rings. The first-order valence-corrected chi connectivity index (χ1v) is 6.37. The molecular formula is C8H17NO2S. The van der Waals surface area contributed by atoms with Crippen LogP contribution in [0, 0.1) is 0 Å². The number of hydrogen-bond donors (Lipinski definition) is 1. The molecule has 0 aliphatic heterocycles. The molecule has 1 fully saturated rings. The SMILES string of the molecule is CN[C@H]1CCCC[C@@H]1S(C)(=O)=O. The van der Waals surface area contributed by atoms with Crippen LogP contribution in [0.2, 0.25) is 0 Å². The van der Waals surface area contributed by atoms with Gasteiger partial charge in [0.2, 0.25) is 0 Å². The summed E-state index contributed by atoms with van der Waals surface area (Å²) in [6.45, 7) is 0. The minimum atomic E-state index is -2.85. The molecule has 0 saturated heterocycles. The molecule has 1 rings (SSSR count). The zero-order chi connectivity index (χ0) is 9.19. The first-order valence-electron chi connectivity index (χ1n) is 4.42. The first kappa shape index (κ1) is 9.99. The zero-order valence-corrected chi connectivity index (χ0v) is 8.52. The van der Waals surface area contributed by atoms with E-state index in [4.69, 9.17) is 0 Å². The Kier molecular flexibility index (Phi) is 3.12. The van der Waals surface area contributed by atoms with Crippen molar-refractivity contribution < 1.29 is 8.42 Å². The van der Waals surface area contributed by atoms with Gasteiger partial charge in [0.1, 0.15) is 0 Å². The van der Waals surface area contributed by atoms with E-state index in [2.05, 4.69) is 5.32 Å². The Bertz CT molecular complexity index is 235. The maximum Gasteiger partial charge on any atom is 0.151 e. The Balaban J connectivity index is 2.72. The van der Waals surface area contributed by atoms with Crippen molar-refractivity contribution >= 4 is 9.84 Å². The molecule has 0 heterocycles. The quantitative estimate of drug-likeness (QED) is 0.694. The van der Waals surface area contributed by atoms with Crippen LogP contribution >= 0.6 is 0 Å². The summed E-state index contributed by atoms with van der Waals surface area (Å²) < 4.78 is 22.6. The standard InChI is InChI=1S/C8H17NO2S/c1-9-7-5-3-4-6-8(7)12(2,10)11/h7-9H,3-6H2,1-2H3/t7-,8-/m0/s1. The van der Waals surface area contributed by atoms with Gasteiger partial charge in [-0.3, -0.25) is 0 Å². The van der Waals surface area contributed by atoms with Gasteiger partial charge in [0.15, 0.2) is 9.84 Å². The summed E-state index contributed by atoms with van der Waals surface area (Å²) >= 11 is 0. The molecule has 4 heteroatoms. The Hall–Kier alpha value is -0.0900. The molecule has 0 amide bonds. The molecule has 72 valence electrons. The highest BCUT2D eigenvalue weighted by Crippen LogP contribution is 2.23. The Morgan fingerprint density at radius 2 is 1.83 bits per heavy atom. The molecule has 0 aromatic heterocycles. The van der Waals surface area contributed by atoms with Crippen molar-refractivity contribution in [2.45, 2.75) is 37.0 Å². The van der Waals surface area contributed by atoms with E-state index < -0.39 is 9.84 Å². The van der Waals surface area contributed by atoms with Crippen LogP contribution in [-0.4, -0.2) is 33.0 Å². The zero-order valence-electron chi connectivity index (χ0n) is 7.71. The van der Waals surface area contributed by atoms with Gasteiger partial charge in [-0.2, -0.15) is 0 Å².